The molecule has 3 N–H and O–H groups in total. The summed E-state index contributed by atoms with van der Waals surface area (Å²) in [4.78, 5) is 10.6. The Kier molecular flexibility index (Phi) is 3.58. The van der Waals surface area contributed by atoms with E-state index in [2.05, 4.69) is 22.0 Å². The zero-order valence-electron chi connectivity index (χ0n) is 7.40. The van der Waals surface area contributed by atoms with Crippen LogP contribution in [0.4, 0.5) is 0 Å². The smallest absolute Gasteiger partial charge is 0.269 e. The average Bonchev–Trinajstić information content (AvgIpc) is 2.19. The first-order valence-electron chi connectivity index (χ1n) is 3.97. The number of amides is 1. The van der Waals surface area contributed by atoms with Gasteiger partial charge in [-0.2, -0.15) is 0 Å². The van der Waals surface area contributed by atoms with Crippen LogP contribution in [0.15, 0.2) is 12.1 Å². The van der Waals surface area contributed by atoms with Crippen LogP contribution in [0.25, 0.3) is 0 Å². The van der Waals surface area contributed by atoms with Gasteiger partial charge in [0.05, 0.1) is 6.61 Å². The van der Waals surface area contributed by atoms with Crippen LogP contribution < -0.4 is 5.73 Å². The third-order valence-electron chi connectivity index (χ3n) is 1.37. The minimum Gasteiger partial charge on any atom is -0.395 e. The first kappa shape index (κ1) is 10.2. The third kappa shape index (κ3) is 2.84. The molecule has 0 aliphatic carbocycles. The number of aliphatic hydroxyl groups is 1. The van der Waals surface area contributed by atoms with E-state index in [9.17, 15) is 4.79 Å². The van der Waals surface area contributed by atoms with Crippen molar-refractivity contribution in [2.45, 2.75) is 6.42 Å². The van der Waals surface area contributed by atoms with E-state index in [0.717, 1.165) is 0 Å². The molecular weight excluding hydrogens is 182 g/mol. The van der Waals surface area contributed by atoms with Gasteiger partial charge >= 0.3 is 0 Å². The Morgan fingerprint density at radius 2 is 2.29 bits per heavy atom. The van der Waals surface area contributed by atoms with E-state index in [1.54, 1.807) is 6.07 Å². The minimum absolute atomic E-state index is 0.0137. The van der Waals surface area contributed by atoms with Crippen LogP contribution in [-0.4, -0.2) is 27.8 Å². The molecule has 0 saturated carbocycles. The molecular formula is C9H9N3O2. The highest BCUT2D eigenvalue weighted by molar-refractivity contribution is 5.90. The molecule has 0 fully saturated rings. The predicted octanol–water partition coefficient (Wildman–Crippen LogP) is -0.691. The van der Waals surface area contributed by atoms with E-state index < -0.39 is 5.91 Å². The standard InChI is InChI=1S/C9H9N3O2/c10-9(14)8-5-4-7(11-12-8)3-1-2-6-13/h4-5,13H,2,6H2,(H2,10,14). The SMILES string of the molecule is NC(=O)c1ccc(C#CCCO)nn1. The maximum Gasteiger partial charge on any atom is 0.269 e. The number of nitrogens with zero attached hydrogens (tertiary/aromatic N) is 2. The fourth-order valence-corrected chi connectivity index (χ4v) is 0.739. The lowest BCUT2D eigenvalue weighted by Crippen LogP contribution is -2.13. The Morgan fingerprint density at radius 1 is 1.50 bits per heavy atom. The fraction of sp³-hybridized carbons (Fsp3) is 0.222. The molecule has 1 aromatic rings. The summed E-state index contributed by atoms with van der Waals surface area (Å²) in [5.74, 6) is 4.74. The number of carbonyl (C=O) groups is 1. The molecule has 0 unspecified atom stereocenters. The number of rotatable bonds is 2. The molecule has 0 saturated heterocycles. The van der Waals surface area contributed by atoms with Crippen LogP contribution in [0.1, 0.15) is 22.6 Å². The van der Waals surface area contributed by atoms with Crippen molar-refractivity contribution in [1.29, 1.82) is 0 Å². The lowest BCUT2D eigenvalue weighted by atomic mass is 10.3. The molecule has 1 heterocycles. The molecule has 5 nitrogen and oxygen atoms in total. The highest BCUT2D eigenvalue weighted by atomic mass is 16.2. The van der Waals surface area contributed by atoms with Crippen molar-refractivity contribution in [3.63, 3.8) is 0 Å². The lowest BCUT2D eigenvalue weighted by molar-refractivity contribution is 0.0994. The number of aromatic nitrogens is 2. The van der Waals surface area contributed by atoms with E-state index in [-0.39, 0.29) is 12.3 Å². The number of hydrogen-bond donors (Lipinski definition) is 2. The van der Waals surface area contributed by atoms with Crippen LogP contribution in [0, 0.1) is 11.8 Å². The Balaban J connectivity index is 2.75. The number of carbonyl (C=O) groups excluding carboxylic acids is 1. The van der Waals surface area contributed by atoms with E-state index in [0.29, 0.717) is 12.1 Å². The first-order chi connectivity index (χ1) is 6.74. The molecule has 72 valence electrons. The van der Waals surface area contributed by atoms with Gasteiger partial charge in [0.25, 0.3) is 5.91 Å². The molecule has 0 aliphatic heterocycles. The van der Waals surface area contributed by atoms with Gasteiger partial charge in [0.15, 0.2) is 5.69 Å². The quantitative estimate of drug-likeness (QED) is 0.605. The normalized spacial score (nSPS) is 8.93. The molecule has 0 bridgehead atoms. The Bertz CT molecular complexity index is 375. The van der Waals surface area contributed by atoms with Crippen molar-refractivity contribution in [3.8, 4) is 11.8 Å². The number of nitrogens with two attached hydrogens (primary N) is 1. The third-order valence-corrected chi connectivity index (χ3v) is 1.37. The Labute approximate surface area is 81.0 Å². The summed E-state index contributed by atoms with van der Waals surface area (Å²) in [6.07, 6.45) is 0.388. The molecule has 0 aromatic carbocycles. The van der Waals surface area contributed by atoms with Crippen LogP contribution >= 0.6 is 0 Å². The zero-order valence-corrected chi connectivity index (χ0v) is 7.40. The Hall–Kier alpha value is -1.93. The van der Waals surface area contributed by atoms with Gasteiger partial charge in [-0.1, -0.05) is 5.92 Å². The molecule has 1 rings (SSSR count). The number of aliphatic hydroxyl groups excluding tert-OH is 1. The largest absolute Gasteiger partial charge is 0.395 e. The van der Waals surface area contributed by atoms with Crippen LogP contribution in [0.5, 0.6) is 0 Å². The molecule has 5 heteroatoms. The number of primary amides is 1. The minimum atomic E-state index is -0.618. The summed E-state index contributed by atoms with van der Waals surface area (Å²) in [5, 5.41) is 15.7. The fourth-order valence-electron chi connectivity index (χ4n) is 0.739. The predicted molar refractivity (Wildman–Crippen MR) is 49.1 cm³/mol. The van der Waals surface area contributed by atoms with E-state index in [4.69, 9.17) is 10.8 Å². The maximum absolute atomic E-state index is 10.6. The molecule has 0 radical (unpaired) electrons. The summed E-state index contributed by atoms with van der Waals surface area (Å²) in [5.41, 5.74) is 5.53. The molecule has 1 amide bonds. The van der Waals surface area contributed by atoms with Crippen molar-refractivity contribution in [3.05, 3.63) is 23.5 Å². The molecule has 14 heavy (non-hydrogen) atoms. The molecule has 0 aliphatic rings. The van der Waals surface area contributed by atoms with Crippen molar-refractivity contribution in [2.24, 2.45) is 5.73 Å². The maximum atomic E-state index is 10.6. The second kappa shape index (κ2) is 4.94. The second-order valence-corrected chi connectivity index (χ2v) is 2.44. The van der Waals surface area contributed by atoms with Gasteiger partial charge in [0.2, 0.25) is 0 Å². The van der Waals surface area contributed by atoms with Gasteiger partial charge in [-0.15, -0.1) is 10.2 Å². The van der Waals surface area contributed by atoms with Crippen molar-refractivity contribution < 1.29 is 9.90 Å². The van der Waals surface area contributed by atoms with Gasteiger partial charge in [-0.25, -0.2) is 0 Å². The molecule has 1 aromatic heterocycles. The van der Waals surface area contributed by atoms with Gasteiger partial charge in [-0.3, -0.25) is 4.79 Å². The first-order valence-corrected chi connectivity index (χ1v) is 3.97. The van der Waals surface area contributed by atoms with Crippen LogP contribution in [0.2, 0.25) is 0 Å². The zero-order chi connectivity index (χ0) is 10.4. The lowest BCUT2D eigenvalue weighted by Gasteiger charge is -1.91. The van der Waals surface area contributed by atoms with E-state index in [1.807, 2.05) is 0 Å². The van der Waals surface area contributed by atoms with E-state index >= 15 is 0 Å². The van der Waals surface area contributed by atoms with Crippen LogP contribution in [-0.2, 0) is 0 Å². The Morgan fingerprint density at radius 3 is 2.79 bits per heavy atom. The summed E-state index contributed by atoms with van der Waals surface area (Å²) < 4.78 is 0. The summed E-state index contributed by atoms with van der Waals surface area (Å²) >= 11 is 0. The van der Waals surface area contributed by atoms with Crippen molar-refractivity contribution in [1.82, 2.24) is 10.2 Å². The highest BCUT2D eigenvalue weighted by Crippen LogP contribution is 1.93. The highest BCUT2D eigenvalue weighted by Gasteiger charge is 2.00. The monoisotopic (exact) mass is 191 g/mol. The van der Waals surface area contributed by atoms with Gasteiger partial charge in [-0.05, 0) is 18.1 Å². The van der Waals surface area contributed by atoms with Crippen LogP contribution in [0.3, 0.4) is 0 Å². The molecule has 0 spiro atoms. The van der Waals surface area contributed by atoms with Gasteiger partial charge < -0.3 is 10.8 Å². The molecule has 0 atom stereocenters. The summed E-state index contributed by atoms with van der Waals surface area (Å²) in [6.45, 7) is 0.0137. The average molecular weight is 191 g/mol. The topological polar surface area (TPSA) is 89.1 Å². The summed E-state index contributed by atoms with van der Waals surface area (Å²) in [6, 6.07) is 3.01. The van der Waals surface area contributed by atoms with Gasteiger partial charge in [0.1, 0.15) is 5.69 Å². The number of hydrogen-bond acceptors (Lipinski definition) is 4. The van der Waals surface area contributed by atoms with Crippen molar-refractivity contribution >= 4 is 5.91 Å². The van der Waals surface area contributed by atoms with E-state index in [1.165, 1.54) is 6.07 Å². The van der Waals surface area contributed by atoms with Crippen molar-refractivity contribution in [2.75, 3.05) is 6.61 Å². The second-order valence-electron chi connectivity index (χ2n) is 2.44. The van der Waals surface area contributed by atoms with Gasteiger partial charge in [0, 0.05) is 6.42 Å². The summed E-state index contributed by atoms with van der Waals surface area (Å²) in [7, 11) is 0.